The molecule has 0 aliphatic rings. The second kappa shape index (κ2) is 7.77. The third-order valence-electron chi connectivity index (χ3n) is 4.16. The highest BCUT2D eigenvalue weighted by molar-refractivity contribution is 5.04. The Labute approximate surface area is 140 Å². The second-order valence-corrected chi connectivity index (χ2v) is 7.49. The van der Waals surface area contributed by atoms with Crippen LogP contribution in [0.2, 0.25) is 0 Å². The van der Waals surface area contributed by atoms with Crippen LogP contribution in [0, 0.1) is 10.8 Å². The monoisotopic (exact) mass is 321 g/mol. The molecule has 1 heterocycles. The normalized spacial score (nSPS) is 14.3. The number of aliphatic hydroxyl groups excluding tert-OH is 1. The summed E-state index contributed by atoms with van der Waals surface area (Å²) in [5.74, 6) is 0.732. The van der Waals surface area contributed by atoms with Gasteiger partial charge in [-0.15, -0.1) is 5.10 Å². The lowest BCUT2D eigenvalue weighted by atomic mass is 9.72. The summed E-state index contributed by atoms with van der Waals surface area (Å²) in [6.07, 6.45) is 3.58. The van der Waals surface area contributed by atoms with Crippen molar-refractivity contribution in [2.75, 3.05) is 6.61 Å². The quantitative estimate of drug-likeness (QED) is 0.527. The van der Waals surface area contributed by atoms with E-state index in [-0.39, 0.29) is 17.4 Å². The van der Waals surface area contributed by atoms with Crippen LogP contribution in [-0.4, -0.2) is 26.7 Å². The number of hydrogen-bond acceptors (Lipinski definition) is 4. The average Bonchev–Trinajstić information content (AvgIpc) is 2.90. The maximum Gasteiger partial charge on any atom is 0.133 e. The summed E-state index contributed by atoms with van der Waals surface area (Å²) in [7, 11) is 0. The minimum absolute atomic E-state index is 0.144. The zero-order chi connectivity index (χ0) is 17.7. The molecule has 0 aromatic carbocycles. The van der Waals surface area contributed by atoms with Crippen LogP contribution in [-0.2, 0) is 17.9 Å². The minimum atomic E-state index is -0.181. The molecule has 0 spiro atoms. The number of aromatic nitrogens is 3. The highest BCUT2D eigenvalue weighted by Crippen LogP contribution is 2.41. The summed E-state index contributed by atoms with van der Waals surface area (Å²) in [6, 6.07) is 0. The summed E-state index contributed by atoms with van der Waals surface area (Å²) in [5.41, 5.74) is 1.45. The molecule has 0 bridgehead atoms. The number of rotatable bonds is 10. The number of nitrogens with zero attached hydrogens (tertiary/aromatic N) is 3. The van der Waals surface area contributed by atoms with Crippen LogP contribution in [0.15, 0.2) is 30.7 Å². The van der Waals surface area contributed by atoms with E-state index in [1.54, 1.807) is 4.68 Å². The van der Waals surface area contributed by atoms with Crippen LogP contribution in [0.4, 0.5) is 0 Å². The summed E-state index contributed by atoms with van der Waals surface area (Å²) >= 11 is 0. The van der Waals surface area contributed by atoms with Gasteiger partial charge < -0.3 is 9.84 Å². The van der Waals surface area contributed by atoms with Gasteiger partial charge >= 0.3 is 0 Å². The van der Waals surface area contributed by atoms with Crippen molar-refractivity contribution in [1.29, 1.82) is 0 Å². The molecule has 5 heteroatoms. The summed E-state index contributed by atoms with van der Waals surface area (Å²) < 4.78 is 7.63. The number of aliphatic hydroxyl groups is 1. The molecule has 1 aromatic rings. The second-order valence-electron chi connectivity index (χ2n) is 7.49. The Hall–Kier alpha value is -1.62. The fraction of sp³-hybridized carbons (Fsp3) is 0.667. The van der Waals surface area contributed by atoms with Crippen molar-refractivity contribution in [1.82, 2.24) is 15.0 Å². The molecule has 1 aromatic heterocycles. The average molecular weight is 321 g/mol. The lowest BCUT2D eigenvalue weighted by Gasteiger charge is -2.37. The van der Waals surface area contributed by atoms with E-state index in [1.165, 1.54) is 0 Å². The first-order chi connectivity index (χ1) is 10.6. The van der Waals surface area contributed by atoms with Crippen molar-refractivity contribution in [3.63, 3.8) is 0 Å². The van der Waals surface area contributed by atoms with E-state index in [1.807, 2.05) is 13.1 Å². The van der Waals surface area contributed by atoms with Gasteiger partial charge in [0.05, 0.1) is 18.5 Å². The zero-order valence-electron chi connectivity index (χ0n) is 15.2. The lowest BCUT2D eigenvalue weighted by Crippen LogP contribution is -2.30. The molecular weight excluding hydrogens is 290 g/mol. The molecule has 0 saturated carbocycles. The first-order valence-electron chi connectivity index (χ1n) is 8.08. The van der Waals surface area contributed by atoms with Gasteiger partial charge in [-0.05, 0) is 25.2 Å². The van der Waals surface area contributed by atoms with Gasteiger partial charge in [-0.1, -0.05) is 51.6 Å². The molecule has 1 unspecified atom stereocenters. The molecule has 0 saturated heterocycles. The number of allylic oxidation sites excluding steroid dienone is 2. The van der Waals surface area contributed by atoms with E-state index in [4.69, 9.17) is 4.74 Å². The van der Waals surface area contributed by atoms with Crippen LogP contribution in [0.1, 0.15) is 53.2 Å². The summed E-state index contributed by atoms with van der Waals surface area (Å²) in [4.78, 5) is 0. The van der Waals surface area contributed by atoms with Gasteiger partial charge in [-0.25, -0.2) is 4.68 Å². The van der Waals surface area contributed by atoms with Crippen molar-refractivity contribution < 1.29 is 9.84 Å². The van der Waals surface area contributed by atoms with Crippen LogP contribution in [0.25, 0.3) is 0 Å². The molecule has 130 valence electrons. The number of ether oxygens (including phenoxy) is 1. The molecule has 0 amide bonds. The van der Waals surface area contributed by atoms with Crippen molar-refractivity contribution in [2.24, 2.45) is 10.8 Å². The van der Waals surface area contributed by atoms with E-state index in [9.17, 15) is 5.11 Å². The summed E-state index contributed by atoms with van der Waals surface area (Å²) in [6.45, 7) is 19.4. The third-order valence-corrected chi connectivity index (χ3v) is 4.16. The Morgan fingerprint density at radius 2 is 2.00 bits per heavy atom. The van der Waals surface area contributed by atoms with Gasteiger partial charge in [0, 0.05) is 12.0 Å². The van der Waals surface area contributed by atoms with E-state index < -0.39 is 0 Å². The van der Waals surface area contributed by atoms with Crippen LogP contribution >= 0.6 is 0 Å². The van der Waals surface area contributed by atoms with Gasteiger partial charge in [0.2, 0.25) is 0 Å². The molecule has 1 N–H and O–H groups in total. The predicted octanol–water partition coefficient (Wildman–Crippen LogP) is 3.71. The largest absolute Gasteiger partial charge is 0.492 e. The highest BCUT2D eigenvalue weighted by Gasteiger charge is 2.34. The number of hydrogen-bond donors (Lipinski definition) is 1. The summed E-state index contributed by atoms with van der Waals surface area (Å²) in [5, 5.41) is 17.7. The van der Waals surface area contributed by atoms with Crippen molar-refractivity contribution in [3.8, 4) is 0 Å². The standard InChI is InChI=1S/C18H31N3O2/c1-8-18(7,12-17(5,6)13-22)15(4)23-11-16-10-21(20-19-16)9-14(2)3/h10,22H,2,4,8-9,11-13H2,1,3,5-7H3. The maximum atomic E-state index is 9.52. The molecule has 0 radical (unpaired) electrons. The lowest BCUT2D eigenvalue weighted by molar-refractivity contribution is 0.0591. The van der Waals surface area contributed by atoms with Crippen LogP contribution < -0.4 is 0 Å². The van der Waals surface area contributed by atoms with E-state index in [0.29, 0.717) is 13.2 Å². The van der Waals surface area contributed by atoms with Crippen molar-refractivity contribution in [3.05, 3.63) is 36.4 Å². The molecule has 1 atom stereocenters. The van der Waals surface area contributed by atoms with Crippen LogP contribution in [0.3, 0.4) is 0 Å². The van der Waals surface area contributed by atoms with Gasteiger partial charge in [-0.2, -0.15) is 0 Å². The third kappa shape index (κ3) is 5.82. The van der Waals surface area contributed by atoms with Gasteiger partial charge in [0.25, 0.3) is 0 Å². The molecule has 0 aliphatic carbocycles. The predicted molar refractivity (Wildman–Crippen MR) is 92.6 cm³/mol. The maximum absolute atomic E-state index is 9.52. The Bertz CT molecular complexity index is 548. The Kier molecular flexibility index (Phi) is 6.57. The molecule has 0 aliphatic heterocycles. The van der Waals surface area contributed by atoms with Crippen molar-refractivity contribution >= 4 is 0 Å². The Balaban J connectivity index is 2.66. The van der Waals surface area contributed by atoms with Gasteiger partial charge in [0.1, 0.15) is 12.3 Å². The molecule has 1 rings (SSSR count). The van der Waals surface area contributed by atoms with Gasteiger partial charge in [0.15, 0.2) is 0 Å². The SMILES string of the molecule is C=C(C)Cn1cc(COC(=C)C(C)(CC)CC(C)(C)CO)nn1. The van der Waals surface area contributed by atoms with Crippen molar-refractivity contribution in [2.45, 2.75) is 60.6 Å². The fourth-order valence-corrected chi connectivity index (χ4v) is 2.63. The van der Waals surface area contributed by atoms with E-state index in [0.717, 1.165) is 29.9 Å². The topological polar surface area (TPSA) is 60.2 Å². The molecule has 5 nitrogen and oxygen atoms in total. The first-order valence-corrected chi connectivity index (χ1v) is 8.08. The molecule has 23 heavy (non-hydrogen) atoms. The Morgan fingerprint density at radius 1 is 1.35 bits per heavy atom. The Morgan fingerprint density at radius 3 is 2.52 bits per heavy atom. The molecular formula is C18H31N3O2. The molecule has 0 fully saturated rings. The highest BCUT2D eigenvalue weighted by atomic mass is 16.5. The van der Waals surface area contributed by atoms with Gasteiger partial charge in [-0.3, -0.25) is 0 Å². The van der Waals surface area contributed by atoms with Crippen LogP contribution in [0.5, 0.6) is 0 Å². The first kappa shape index (κ1) is 19.4. The van der Waals surface area contributed by atoms with E-state index in [2.05, 4.69) is 51.2 Å². The smallest absolute Gasteiger partial charge is 0.133 e. The fourth-order valence-electron chi connectivity index (χ4n) is 2.63. The minimum Gasteiger partial charge on any atom is -0.492 e. The van der Waals surface area contributed by atoms with E-state index >= 15 is 0 Å². The zero-order valence-corrected chi connectivity index (χ0v) is 15.2.